The molecule has 1 aliphatic rings. The first-order chi connectivity index (χ1) is 12.8. The minimum absolute atomic E-state index is 0.197. The number of nitrogens with zero attached hydrogens (tertiary/aromatic N) is 2. The molecule has 144 valence electrons. The van der Waals surface area contributed by atoms with Gasteiger partial charge in [-0.15, -0.1) is 0 Å². The predicted molar refractivity (Wildman–Crippen MR) is 92.2 cm³/mol. The van der Waals surface area contributed by atoms with Gasteiger partial charge in [-0.05, 0) is 38.0 Å². The van der Waals surface area contributed by atoms with Crippen molar-refractivity contribution in [3.05, 3.63) is 47.3 Å². The second-order valence-corrected chi connectivity index (χ2v) is 6.39. The Morgan fingerprint density at radius 1 is 1.30 bits per heavy atom. The fraction of sp³-hybridized carbons (Fsp3) is 0.389. The smallest absolute Gasteiger partial charge is 0.328 e. The number of para-hydroxylation sites is 1. The lowest BCUT2D eigenvalue weighted by atomic mass is 10.1. The molecule has 1 heterocycles. The van der Waals surface area contributed by atoms with Crippen LogP contribution in [0.15, 0.2) is 30.3 Å². The number of aromatic nitrogens is 2. The zero-order chi connectivity index (χ0) is 19.6. The van der Waals surface area contributed by atoms with Crippen molar-refractivity contribution in [3.63, 3.8) is 0 Å². The third-order valence-corrected chi connectivity index (χ3v) is 4.34. The maximum atomic E-state index is 13.0. The van der Waals surface area contributed by atoms with Gasteiger partial charge in [-0.25, -0.2) is 0 Å². The molecule has 0 unspecified atom stereocenters. The molecular weight excluding hydrogens is 361 g/mol. The second kappa shape index (κ2) is 7.42. The van der Waals surface area contributed by atoms with Crippen molar-refractivity contribution < 1.29 is 22.8 Å². The van der Waals surface area contributed by atoms with Crippen LogP contribution in [0, 0.1) is 0 Å². The van der Waals surface area contributed by atoms with E-state index in [2.05, 4.69) is 15.5 Å². The quantitative estimate of drug-likeness (QED) is 0.806. The number of anilines is 1. The number of aromatic amines is 1. The second-order valence-electron chi connectivity index (χ2n) is 6.39. The van der Waals surface area contributed by atoms with Gasteiger partial charge in [-0.1, -0.05) is 12.1 Å². The van der Waals surface area contributed by atoms with Crippen LogP contribution < -0.4 is 5.32 Å². The van der Waals surface area contributed by atoms with Crippen molar-refractivity contribution in [2.45, 2.75) is 31.9 Å². The van der Waals surface area contributed by atoms with Crippen LogP contribution in [-0.4, -0.2) is 40.0 Å². The van der Waals surface area contributed by atoms with E-state index >= 15 is 0 Å². The first kappa shape index (κ1) is 18.9. The Kier molecular flexibility index (Phi) is 5.20. The van der Waals surface area contributed by atoms with Crippen molar-refractivity contribution in [3.8, 4) is 0 Å². The highest BCUT2D eigenvalue weighted by molar-refractivity contribution is 5.98. The van der Waals surface area contributed by atoms with Crippen LogP contribution in [-0.2, 0) is 11.0 Å². The number of benzene rings is 1. The van der Waals surface area contributed by atoms with E-state index in [-0.39, 0.29) is 24.5 Å². The average Bonchev–Trinajstić information content (AvgIpc) is 3.35. The van der Waals surface area contributed by atoms with E-state index in [4.69, 9.17) is 0 Å². The molecular formula is C18H19F3N4O2. The number of amides is 2. The van der Waals surface area contributed by atoms with Gasteiger partial charge in [0.25, 0.3) is 5.91 Å². The Bertz CT molecular complexity index is 843. The molecule has 9 heteroatoms. The van der Waals surface area contributed by atoms with Crippen molar-refractivity contribution in [1.82, 2.24) is 15.1 Å². The number of hydrogen-bond acceptors (Lipinski definition) is 3. The Hall–Kier alpha value is -2.84. The topological polar surface area (TPSA) is 78.1 Å². The lowest BCUT2D eigenvalue weighted by Gasteiger charge is -2.20. The predicted octanol–water partition coefficient (Wildman–Crippen LogP) is 3.41. The molecule has 3 rings (SSSR count). The number of carbonyl (C=O) groups is 2. The minimum Gasteiger partial charge on any atom is -0.328 e. The molecule has 1 saturated carbocycles. The molecule has 1 aromatic heterocycles. The van der Waals surface area contributed by atoms with Gasteiger partial charge in [-0.2, -0.15) is 18.3 Å². The summed E-state index contributed by atoms with van der Waals surface area (Å²) >= 11 is 0. The highest BCUT2D eigenvalue weighted by atomic mass is 19.4. The molecule has 0 spiro atoms. The van der Waals surface area contributed by atoms with Gasteiger partial charge in [0.2, 0.25) is 5.91 Å². The number of nitrogens with one attached hydrogen (secondary N) is 2. The molecule has 1 fully saturated rings. The Morgan fingerprint density at radius 2 is 2.00 bits per heavy atom. The third kappa shape index (κ3) is 4.47. The number of halogens is 3. The Morgan fingerprint density at radius 3 is 2.63 bits per heavy atom. The van der Waals surface area contributed by atoms with Crippen LogP contribution in [0.3, 0.4) is 0 Å². The number of rotatable bonds is 6. The van der Waals surface area contributed by atoms with Crippen LogP contribution in [0.5, 0.6) is 0 Å². The summed E-state index contributed by atoms with van der Waals surface area (Å²) in [5, 5.41) is 9.05. The molecule has 2 N–H and O–H groups in total. The van der Waals surface area contributed by atoms with Crippen LogP contribution in [0.25, 0.3) is 0 Å². The van der Waals surface area contributed by atoms with E-state index < -0.39 is 23.6 Å². The van der Waals surface area contributed by atoms with E-state index in [0.717, 1.165) is 24.6 Å². The summed E-state index contributed by atoms with van der Waals surface area (Å²) in [6.07, 6.45) is -2.49. The molecule has 2 aromatic rings. The molecule has 27 heavy (non-hydrogen) atoms. The van der Waals surface area contributed by atoms with Gasteiger partial charge in [0.05, 0.1) is 11.3 Å². The molecule has 6 nitrogen and oxygen atoms in total. The molecule has 0 radical (unpaired) electrons. The number of likely N-dealkylation sites (N-methyl/N-ethyl adjacent to an activating group) is 1. The van der Waals surface area contributed by atoms with Crippen molar-refractivity contribution in [2.75, 3.05) is 18.4 Å². The number of hydrogen-bond donors (Lipinski definition) is 2. The SMILES string of the molecule is CCN(CC(=O)Nc1ccccc1C(F)(F)F)C(=O)c1cc(C2CC2)[nH]n1. The summed E-state index contributed by atoms with van der Waals surface area (Å²) in [6, 6.07) is 6.38. The summed E-state index contributed by atoms with van der Waals surface area (Å²) in [5.41, 5.74) is -0.191. The highest BCUT2D eigenvalue weighted by Crippen LogP contribution is 2.39. The molecule has 0 atom stereocenters. The van der Waals surface area contributed by atoms with Gasteiger partial charge in [0, 0.05) is 18.2 Å². The van der Waals surface area contributed by atoms with Gasteiger partial charge in [0.15, 0.2) is 0 Å². The largest absolute Gasteiger partial charge is 0.418 e. The third-order valence-electron chi connectivity index (χ3n) is 4.34. The molecule has 2 amide bonds. The average molecular weight is 380 g/mol. The summed E-state index contributed by atoms with van der Waals surface area (Å²) in [5.74, 6) is -0.754. The Balaban J connectivity index is 1.67. The van der Waals surface area contributed by atoms with Gasteiger partial charge in [-0.3, -0.25) is 14.7 Å². The summed E-state index contributed by atoms with van der Waals surface area (Å²) in [4.78, 5) is 26.0. The van der Waals surface area contributed by atoms with E-state index in [1.165, 1.54) is 23.1 Å². The van der Waals surface area contributed by atoms with E-state index in [1.54, 1.807) is 13.0 Å². The first-order valence-electron chi connectivity index (χ1n) is 8.60. The number of carbonyl (C=O) groups excluding carboxylic acids is 2. The minimum atomic E-state index is -4.58. The fourth-order valence-corrected chi connectivity index (χ4v) is 2.74. The molecule has 0 aliphatic heterocycles. The van der Waals surface area contributed by atoms with Gasteiger partial charge < -0.3 is 10.2 Å². The van der Waals surface area contributed by atoms with Crippen molar-refractivity contribution >= 4 is 17.5 Å². The van der Waals surface area contributed by atoms with E-state index in [0.29, 0.717) is 5.92 Å². The van der Waals surface area contributed by atoms with E-state index in [1.807, 2.05) is 0 Å². The molecule has 0 saturated heterocycles. The first-order valence-corrected chi connectivity index (χ1v) is 8.60. The fourth-order valence-electron chi connectivity index (χ4n) is 2.74. The summed E-state index contributed by atoms with van der Waals surface area (Å²) < 4.78 is 39.1. The zero-order valence-corrected chi connectivity index (χ0v) is 14.6. The number of H-pyrrole nitrogens is 1. The normalized spacial score (nSPS) is 14.1. The summed E-state index contributed by atoms with van der Waals surface area (Å²) in [6.45, 7) is 1.54. The van der Waals surface area contributed by atoms with Crippen LogP contribution >= 0.6 is 0 Å². The molecule has 1 aromatic carbocycles. The van der Waals surface area contributed by atoms with Crippen LogP contribution in [0.1, 0.15) is 47.4 Å². The lowest BCUT2D eigenvalue weighted by Crippen LogP contribution is -2.38. The van der Waals surface area contributed by atoms with Gasteiger partial charge >= 0.3 is 6.18 Å². The maximum absolute atomic E-state index is 13.0. The maximum Gasteiger partial charge on any atom is 0.418 e. The molecule has 1 aliphatic carbocycles. The highest BCUT2D eigenvalue weighted by Gasteiger charge is 2.34. The summed E-state index contributed by atoms with van der Waals surface area (Å²) in [7, 11) is 0. The van der Waals surface area contributed by atoms with E-state index in [9.17, 15) is 22.8 Å². The monoisotopic (exact) mass is 380 g/mol. The number of alkyl halides is 3. The lowest BCUT2D eigenvalue weighted by molar-refractivity contribution is -0.137. The van der Waals surface area contributed by atoms with Crippen molar-refractivity contribution in [1.29, 1.82) is 0 Å². The Labute approximate surface area is 153 Å². The van der Waals surface area contributed by atoms with Crippen LogP contribution in [0.2, 0.25) is 0 Å². The molecule has 0 bridgehead atoms. The standard InChI is InChI=1S/C18H19F3N4O2/c1-2-25(17(27)15-9-14(23-24-15)11-7-8-11)10-16(26)22-13-6-4-3-5-12(13)18(19,20)21/h3-6,9,11H,2,7-8,10H2,1H3,(H,22,26)(H,23,24). The zero-order valence-electron chi connectivity index (χ0n) is 14.6. The van der Waals surface area contributed by atoms with Crippen LogP contribution in [0.4, 0.5) is 18.9 Å². The van der Waals surface area contributed by atoms with Gasteiger partial charge in [0.1, 0.15) is 12.2 Å². The van der Waals surface area contributed by atoms with Crippen molar-refractivity contribution in [2.24, 2.45) is 0 Å².